The molecule has 112 valence electrons. The van der Waals surface area contributed by atoms with Crippen LogP contribution >= 0.6 is 0 Å². The van der Waals surface area contributed by atoms with Crippen molar-refractivity contribution in [1.29, 1.82) is 0 Å². The number of methoxy groups -OCH3 is 1. The highest BCUT2D eigenvalue weighted by Crippen LogP contribution is 2.37. The minimum absolute atomic E-state index is 0.265. The van der Waals surface area contributed by atoms with Gasteiger partial charge in [-0.2, -0.15) is 0 Å². The van der Waals surface area contributed by atoms with Crippen molar-refractivity contribution in [3.63, 3.8) is 0 Å². The second kappa shape index (κ2) is 7.05. The van der Waals surface area contributed by atoms with E-state index < -0.39 is 0 Å². The summed E-state index contributed by atoms with van der Waals surface area (Å²) in [6, 6.07) is 0. The van der Waals surface area contributed by atoms with Crippen molar-refractivity contribution in [3.05, 3.63) is 0 Å². The smallest absolute Gasteiger partial charge is 0.0698 e. The number of piperidine rings is 1. The summed E-state index contributed by atoms with van der Waals surface area (Å²) < 4.78 is 5.59. The molecule has 0 amide bonds. The molecule has 0 aromatic rings. The average Bonchev–Trinajstić information content (AvgIpc) is 2.70. The van der Waals surface area contributed by atoms with Crippen molar-refractivity contribution in [2.45, 2.75) is 69.9 Å². The third-order valence-electron chi connectivity index (χ3n) is 5.61. The first-order valence-electron chi connectivity index (χ1n) is 8.22. The van der Waals surface area contributed by atoms with E-state index >= 15 is 0 Å². The molecule has 2 fully saturated rings. The molecule has 2 rings (SSSR count). The molecule has 3 nitrogen and oxygen atoms in total. The second-order valence-electron chi connectivity index (χ2n) is 6.58. The molecule has 1 saturated carbocycles. The van der Waals surface area contributed by atoms with Gasteiger partial charge in [0.15, 0.2) is 0 Å². The van der Waals surface area contributed by atoms with Gasteiger partial charge in [0, 0.05) is 25.7 Å². The van der Waals surface area contributed by atoms with Crippen LogP contribution in [0.2, 0.25) is 0 Å². The fourth-order valence-electron chi connectivity index (χ4n) is 4.08. The lowest BCUT2D eigenvalue weighted by Gasteiger charge is -2.47. The standard InChI is InChI=1S/C16H32N2O/c1-3-14-6-4-9-16(13-17,10-8-14)18-11-5-7-15(12-18)19-2/h14-15H,3-13,17H2,1-2H3. The zero-order chi connectivity index (χ0) is 13.7. The molecule has 0 radical (unpaired) electrons. The number of nitrogens with zero attached hydrogens (tertiary/aromatic N) is 1. The van der Waals surface area contributed by atoms with Gasteiger partial charge in [-0.1, -0.05) is 26.2 Å². The number of likely N-dealkylation sites (tertiary alicyclic amines) is 1. The van der Waals surface area contributed by atoms with E-state index in [1.165, 1.54) is 57.9 Å². The normalized spacial score (nSPS) is 38.1. The highest BCUT2D eigenvalue weighted by atomic mass is 16.5. The Balaban J connectivity index is 2.04. The van der Waals surface area contributed by atoms with Crippen LogP contribution in [0.1, 0.15) is 58.3 Å². The van der Waals surface area contributed by atoms with Gasteiger partial charge in [-0.15, -0.1) is 0 Å². The van der Waals surface area contributed by atoms with E-state index in [1.54, 1.807) is 0 Å². The fourth-order valence-corrected chi connectivity index (χ4v) is 4.08. The molecule has 0 aromatic carbocycles. The van der Waals surface area contributed by atoms with Crippen LogP contribution in [-0.2, 0) is 4.74 Å². The van der Waals surface area contributed by atoms with Crippen molar-refractivity contribution in [2.24, 2.45) is 11.7 Å². The zero-order valence-electron chi connectivity index (χ0n) is 12.9. The lowest BCUT2D eigenvalue weighted by atomic mass is 9.85. The molecular formula is C16H32N2O. The van der Waals surface area contributed by atoms with Crippen LogP contribution < -0.4 is 5.73 Å². The van der Waals surface area contributed by atoms with Crippen LogP contribution in [0.25, 0.3) is 0 Å². The van der Waals surface area contributed by atoms with E-state index in [1.807, 2.05) is 7.11 Å². The van der Waals surface area contributed by atoms with Crippen LogP contribution in [0.5, 0.6) is 0 Å². The zero-order valence-corrected chi connectivity index (χ0v) is 12.9. The molecular weight excluding hydrogens is 236 g/mol. The molecule has 19 heavy (non-hydrogen) atoms. The van der Waals surface area contributed by atoms with E-state index in [-0.39, 0.29) is 5.54 Å². The van der Waals surface area contributed by atoms with Crippen molar-refractivity contribution in [1.82, 2.24) is 4.90 Å². The maximum atomic E-state index is 6.23. The molecule has 1 saturated heterocycles. The lowest BCUT2D eigenvalue weighted by molar-refractivity contribution is -0.0230. The van der Waals surface area contributed by atoms with Gasteiger partial charge in [0.1, 0.15) is 0 Å². The third-order valence-corrected chi connectivity index (χ3v) is 5.61. The van der Waals surface area contributed by atoms with Gasteiger partial charge in [0.25, 0.3) is 0 Å². The van der Waals surface area contributed by atoms with E-state index in [2.05, 4.69) is 11.8 Å². The Labute approximate surface area is 118 Å². The van der Waals surface area contributed by atoms with Gasteiger partial charge in [-0.05, 0) is 44.6 Å². The Kier molecular flexibility index (Phi) is 5.67. The summed E-state index contributed by atoms with van der Waals surface area (Å²) in [5, 5.41) is 0. The summed E-state index contributed by atoms with van der Waals surface area (Å²) in [5.41, 5.74) is 6.49. The maximum Gasteiger partial charge on any atom is 0.0698 e. The molecule has 0 spiro atoms. The molecule has 0 bridgehead atoms. The maximum absolute atomic E-state index is 6.23. The first kappa shape index (κ1) is 15.3. The minimum Gasteiger partial charge on any atom is -0.380 e. The summed E-state index contributed by atoms with van der Waals surface area (Å²) in [4.78, 5) is 2.67. The molecule has 0 aromatic heterocycles. The molecule has 3 unspecified atom stereocenters. The van der Waals surface area contributed by atoms with Crippen molar-refractivity contribution in [2.75, 3.05) is 26.7 Å². The fraction of sp³-hybridized carbons (Fsp3) is 1.00. The van der Waals surface area contributed by atoms with Crippen molar-refractivity contribution in [3.8, 4) is 0 Å². The van der Waals surface area contributed by atoms with Gasteiger partial charge >= 0.3 is 0 Å². The lowest BCUT2D eigenvalue weighted by Crippen LogP contribution is -2.57. The Morgan fingerprint density at radius 3 is 2.74 bits per heavy atom. The topological polar surface area (TPSA) is 38.5 Å². The summed E-state index contributed by atoms with van der Waals surface area (Å²) >= 11 is 0. The van der Waals surface area contributed by atoms with E-state index in [9.17, 15) is 0 Å². The van der Waals surface area contributed by atoms with E-state index in [0.29, 0.717) is 6.10 Å². The highest BCUT2D eigenvalue weighted by Gasteiger charge is 2.39. The number of hydrogen-bond acceptors (Lipinski definition) is 3. The molecule has 2 aliphatic rings. The third kappa shape index (κ3) is 3.50. The highest BCUT2D eigenvalue weighted by molar-refractivity contribution is 4.96. The van der Waals surface area contributed by atoms with Gasteiger partial charge in [-0.3, -0.25) is 4.90 Å². The Morgan fingerprint density at radius 1 is 1.21 bits per heavy atom. The van der Waals surface area contributed by atoms with Crippen LogP contribution in [0.4, 0.5) is 0 Å². The quantitative estimate of drug-likeness (QED) is 0.797. The Hall–Kier alpha value is -0.120. The second-order valence-corrected chi connectivity index (χ2v) is 6.58. The van der Waals surface area contributed by atoms with Crippen LogP contribution in [0.15, 0.2) is 0 Å². The van der Waals surface area contributed by atoms with Crippen molar-refractivity contribution < 1.29 is 4.74 Å². The Morgan fingerprint density at radius 2 is 2.05 bits per heavy atom. The molecule has 2 N–H and O–H groups in total. The van der Waals surface area contributed by atoms with E-state index in [4.69, 9.17) is 10.5 Å². The van der Waals surface area contributed by atoms with Crippen molar-refractivity contribution >= 4 is 0 Å². The predicted octanol–water partition coefficient (Wildman–Crippen LogP) is 2.79. The number of rotatable bonds is 4. The minimum atomic E-state index is 0.265. The summed E-state index contributed by atoms with van der Waals surface area (Å²) in [6.07, 6.45) is 10.9. The van der Waals surface area contributed by atoms with Gasteiger partial charge in [0.2, 0.25) is 0 Å². The SMILES string of the molecule is CCC1CCCC(CN)(N2CCCC(OC)C2)CC1. The predicted molar refractivity (Wildman–Crippen MR) is 80.3 cm³/mol. The van der Waals surface area contributed by atoms with Crippen LogP contribution in [-0.4, -0.2) is 43.3 Å². The summed E-state index contributed by atoms with van der Waals surface area (Å²) in [5.74, 6) is 0.927. The first-order chi connectivity index (χ1) is 9.24. The number of ether oxygens (including phenoxy) is 1. The number of nitrogens with two attached hydrogens (primary N) is 1. The van der Waals surface area contributed by atoms with E-state index in [0.717, 1.165) is 19.0 Å². The largest absolute Gasteiger partial charge is 0.380 e. The first-order valence-corrected chi connectivity index (χ1v) is 8.22. The monoisotopic (exact) mass is 268 g/mol. The molecule has 3 heteroatoms. The number of hydrogen-bond donors (Lipinski definition) is 1. The van der Waals surface area contributed by atoms with Gasteiger partial charge < -0.3 is 10.5 Å². The Bertz CT molecular complexity index is 271. The van der Waals surface area contributed by atoms with Gasteiger partial charge in [-0.25, -0.2) is 0 Å². The summed E-state index contributed by atoms with van der Waals surface area (Å²) in [6.45, 7) is 5.46. The molecule has 1 aliphatic carbocycles. The summed E-state index contributed by atoms with van der Waals surface area (Å²) in [7, 11) is 1.85. The molecule has 1 aliphatic heterocycles. The molecule has 1 heterocycles. The van der Waals surface area contributed by atoms with Crippen LogP contribution in [0, 0.1) is 5.92 Å². The van der Waals surface area contributed by atoms with Crippen LogP contribution in [0.3, 0.4) is 0 Å². The average molecular weight is 268 g/mol. The van der Waals surface area contributed by atoms with Gasteiger partial charge in [0.05, 0.1) is 6.10 Å². The molecule has 3 atom stereocenters.